The number of terminal acetylenes is 1. The van der Waals surface area contributed by atoms with Crippen LogP contribution < -0.4 is 10.5 Å². The normalized spacial score (nSPS) is 9.67. The summed E-state index contributed by atoms with van der Waals surface area (Å²) in [7, 11) is 3.75. The maximum absolute atomic E-state index is 11.6. The quantitative estimate of drug-likeness (QED) is 0.537. The molecule has 0 atom stereocenters. The van der Waals surface area contributed by atoms with E-state index in [4.69, 9.17) is 6.42 Å². The molecule has 0 saturated heterocycles. The highest BCUT2D eigenvalue weighted by Gasteiger charge is 2.00. The second kappa shape index (κ2) is 5.20. The fourth-order valence-corrected chi connectivity index (χ4v) is 1.17. The smallest absolute Gasteiger partial charge is 0.268 e. The van der Waals surface area contributed by atoms with Crippen molar-refractivity contribution in [3.8, 4) is 12.3 Å². The summed E-state index contributed by atoms with van der Waals surface area (Å²) in [6, 6.07) is 1.57. The van der Waals surface area contributed by atoms with Gasteiger partial charge in [0.15, 0.2) is 0 Å². The number of aromatic nitrogens is 2. The average Bonchev–Trinajstić information content (AvgIpc) is 2.20. The summed E-state index contributed by atoms with van der Waals surface area (Å²) < 4.78 is 1.43. The van der Waals surface area contributed by atoms with Crippen LogP contribution in [0.25, 0.3) is 0 Å². The molecule has 4 heteroatoms. The molecule has 1 heterocycles. The zero-order valence-electron chi connectivity index (χ0n) is 9.10. The summed E-state index contributed by atoms with van der Waals surface area (Å²) in [5, 5.41) is 4.07. The van der Waals surface area contributed by atoms with Crippen molar-refractivity contribution in [2.24, 2.45) is 0 Å². The topological polar surface area (TPSA) is 38.1 Å². The van der Waals surface area contributed by atoms with Gasteiger partial charge in [0.05, 0.1) is 11.9 Å². The zero-order valence-corrected chi connectivity index (χ0v) is 9.10. The number of hydrogen-bond donors (Lipinski definition) is 0. The molecule has 1 aromatic rings. The molecule has 0 aliphatic carbocycles. The number of anilines is 1. The molecule has 0 unspecified atom stereocenters. The second-order valence-electron chi connectivity index (χ2n) is 3.48. The predicted octanol–water partition coefficient (Wildman–Crippen LogP) is 0.723. The molecule has 0 radical (unpaired) electrons. The molecule has 0 spiro atoms. The van der Waals surface area contributed by atoms with Crippen LogP contribution in [-0.4, -0.2) is 23.9 Å². The maximum atomic E-state index is 11.6. The van der Waals surface area contributed by atoms with Crippen LogP contribution in [0.1, 0.15) is 12.8 Å². The second-order valence-corrected chi connectivity index (χ2v) is 3.48. The standard InChI is InChI=1S/C11H15N3O/c1-4-5-6-7-14-11(15)8-10(9-12-14)13(2)3/h1,8-9H,5-7H2,2-3H3. The summed E-state index contributed by atoms with van der Waals surface area (Å²) >= 11 is 0. The van der Waals surface area contributed by atoms with Crippen LogP contribution >= 0.6 is 0 Å². The first-order chi connectivity index (χ1) is 7.15. The number of aryl methyl sites for hydroxylation is 1. The Hall–Kier alpha value is -1.76. The number of nitrogens with zero attached hydrogens (tertiary/aromatic N) is 3. The Kier molecular flexibility index (Phi) is 3.92. The molecule has 1 aromatic heterocycles. The van der Waals surface area contributed by atoms with Crippen LogP contribution in [0.5, 0.6) is 0 Å². The van der Waals surface area contributed by atoms with E-state index in [1.807, 2.05) is 19.0 Å². The van der Waals surface area contributed by atoms with Crippen LogP contribution in [0.15, 0.2) is 17.1 Å². The van der Waals surface area contributed by atoms with E-state index in [0.29, 0.717) is 13.0 Å². The molecular weight excluding hydrogens is 190 g/mol. The van der Waals surface area contributed by atoms with Gasteiger partial charge in [-0.1, -0.05) is 0 Å². The molecule has 0 fully saturated rings. The summed E-state index contributed by atoms with van der Waals surface area (Å²) in [6.07, 6.45) is 8.26. The van der Waals surface area contributed by atoms with Crippen LogP contribution in [-0.2, 0) is 6.54 Å². The maximum Gasteiger partial charge on any atom is 0.268 e. The van der Waals surface area contributed by atoms with Gasteiger partial charge < -0.3 is 4.90 Å². The van der Waals surface area contributed by atoms with Gasteiger partial charge in [-0.05, 0) is 6.42 Å². The van der Waals surface area contributed by atoms with E-state index in [-0.39, 0.29) is 5.56 Å². The summed E-state index contributed by atoms with van der Waals surface area (Å²) in [5.74, 6) is 2.54. The molecule has 0 aromatic carbocycles. The van der Waals surface area contributed by atoms with Crippen molar-refractivity contribution in [3.05, 3.63) is 22.6 Å². The minimum absolute atomic E-state index is 0.0850. The first-order valence-electron chi connectivity index (χ1n) is 4.83. The Balaban J connectivity index is 2.76. The molecule has 0 aliphatic heterocycles. The Bertz CT molecular complexity index is 415. The summed E-state index contributed by atoms with van der Waals surface area (Å²) in [6.45, 7) is 0.580. The van der Waals surface area contributed by atoms with Crippen molar-refractivity contribution in [2.75, 3.05) is 19.0 Å². The highest BCUT2D eigenvalue weighted by atomic mass is 16.1. The lowest BCUT2D eigenvalue weighted by Crippen LogP contribution is -2.24. The summed E-state index contributed by atoms with van der Waals surface area (Å²) in [4.78, 5) is 13.4. The Morgan fingerprint density at radius 3 is 2.87 bits per heavy atom. The monoisotopic (exact) mass is 205 g/mol. The SMILES string of the molecule is C#CCCCn1ncc(N(C)C)cc1=O. The highest BCUT2D eigenvalue weighted by molar-refractivity contribution is 5.40. The van der Waals surface area contributed by atoms with E-state index in [0.717, 1.165) is 12.1 Å². The molecule has 0 saturated carbocycles. The predicted molar refractivity (Wildman–Crippen MR) is 60.9 cm³/mol. The number of unbranched alkanes of at least 4 members (excludes halogenated alkanes) is 1. The fraction of sp³-hybridized carbons (Fsp3) is 0.455. The molecule has 80 valence electrons. The Labute approximate surface area is 89.5 Å². The third-order valence-corrected chi connectivity index (χ3v) is 2.06. The van der Waals surface area contributed by atoms with E-state index in [9.17, 15) is 4.79 Å². The lowest BCUT2D eigenvalue weighted by Gasteiger charge is -2.11. The van der Waals surface area contributed by atoms with Crippen molar-refractivity contribution in [1.29, 1.82) is 0 Å². The molecule has 0 amide bonds. The van der Waals surface area contributed by atoms with E-state index in [1.165, 1.54) is 4.68 Å². The van der Waals surface area contributed by atoms with Crippen LogP contribution in [0.3, 0.4) is 0 Å². The van der Waals surface area contributed by atoms with Gasteiger partial charge in [-0.3, -0.25) is 4.79 Å². The van der Waals surface area contributed by atoms with Crippen molar-refractivity contribution in [2.45, 2.75) is 19.4 Å². The third-order valence-electron chi connectivity index (χ3n) is 2.06. The fourth-order valence-electron chi connectivity index (χ4n) is 1.17. The minimum atomic E-state index is -0.0850. The van der Waals surface area contributed by atoms with E-state index < -0.39 is 0 Å². The number of hydrogen-bond acceptors (Lipinski definition) is 3. The first kappa shape index (κ1) is 11.3. The lowest BCUT2D eigenvalue weighted by molar-refractivity contribution is 0.555. The van der Waals surface area contributed by atoms with Gasteiger partial charge in [0.25, 0.3) is 5.56 Å². The van der Waals surface area contributed by atoms with Gasteiger partial charge in [0.2, 0.25) is 0 Å². The van der Waals surface area contributed by atoms with Gasteiger partial charge in [-0.15, -0.1) is 12.3 Å². The van der Waals surface area contributed by atoms with Crippen molar-refractivity contribution in [3.63, 3.8) is 0 Å². The molecule has 0 aliphatic rings. The van der Waals surface area contributed by atoms with Gasteiger partial charge in [0, 0.05) is 33.1 Å². The molecule has 4 nitrogen and oxygen atoms in total. The van der Waals surface area contributed by atoms with Gasteiger partial charge in [-0.2, -0.15) is 5.10 Å². The minimum Gasteiger partial charge on any atom is -0.376 e. The third kappa shape index (κ3) is 3.13. The first-order valence-corrected chi connectivity index (χ1v) is 4.83. The summed E-state index contributed by atoms with van der Waals surface area (Å²) in [5.41, 5.74) is 0.728. The van der Waals surface area contributed by atoms with Crippen LogP contribution in [0.4, 0.5) is 5.69 Å². The largest absolute Gasteiger partial charge is 0.376 e. The van der Waals surface area contributed by atoms with Crippen molar-refractivity contribution < 1.29 is 0 Å². The Morgan fingerprint density at radius 1 is 1.60 bits per heavy atom. The van der Waals surface area contributed by atoms with Crippen LogP contribution in [0, 0.1) is 12.3 Å². The van der Waals surface area contributed by atoms with Gasteiger partial charge in [-0.25, -0.2) is 4.68 Å². The van der Waals surface area contributed by atoms with Crippen molar-refractivity contribution in [1.82, 2.24) is 9.78 Å². The van der Waals surface area contributed by atoms with Gasteiger partial charge >= 0.3 is 0 Å². The average molecular weight is 205 g/mol. The van der Waals surface area contributed by atoms with E-state index in [1.54, 1.807) is 12.3 Å². The number of rotatable bonds is 4. The molecule has 15 heavy (non-hydrogen) atoms. The van der Waals surface area contributed by atoms with E-state index in [2.05, 4.69) is 11.0 Å². The lowest BCUT2D eigenvalue weighted by atomic mass is 10.3. The zero-order chi connectivity index (χ0) is 11.3. The van der Waals surface area contributed by atoms with Crippen LogP contribution in [0.2, 0.25) is 0 Å². The molecule has 0 N–H and O–H groups in total. The molecular formula is C11H15N3O. The molecule has 1 rings (SSSR count). The van der Waals surface area contributed by atoms with Crippen molar-refractivity contribution >= 4 is 5.69 Å². The van der Waals surface area contributed by atoms with E-state index >= 15 is 0 Å². The molecule has 0 bridgehead atoms. The highest BCUT2D eigenvalue weighted by Crippen LogP contribution is 2.03. The Morgan fingerprint density at radius 2 is 2.33 bits per heavy atom. The van der Waals surface area contributed by atoms with Gasteiger partial charge in [0.1, 0.15) is 0 Å².